The molecule has 3 aromatic heterocycles. The van der Waals surface area contributed by atoms with E-state index < -0.39 is 0 Å². The molecule has 1 N–H and O–H groups in total. The molecule has 0 saturated heterocycles. The number of nitrogens with zero attached hydrogens (tertiary/aromatic N) is 4. The van der Waals surface area contributed by atoms with Crippen molar-refractivity contribution in [3.05, 3.63) is 65.3 Å². The number of H-pyrrole nitrogens is 1. The summed E-state index contributed by atoms with van der Waals surface area (Å²) in [7, 11) is 0. The van der Waals surface area contributed by atoms with Crippen LogP contribution in [0, 0.1) is 6.92 Å². The lowest BCUT2D eigenvalue weighted by atomic mass is 9.96. The Morgan fingerprint density at radius 3 is 3.17 bits per heavy atom. The standard InChI is InChI=1S/C17H17N5O2/c1-11-7-13(24-21-11)8-15(23)22-6-4-14-16(20-10-19-14)17(22)12-3-2-5-18-9-12/h2-3,5,7,9-10,17H,4,6,8H2,1H3,(H,19,20). The van der Waals surface area contributed by atoms with Crippen LogP contribution in [-0.4, -0.2) is 37.5 Å². The maximum absolute atomic E-state index is 12.9. The van der Waals surface area contributed by atoms with Crippen molar-refractivity contribution in [2.75, 3.05) is 6.54 Å². The van der Waals surface area contributed by atoms with E-state index in [4.69, 9.17) is 4.52 Å². The van der Waals surface area contributed by atoms with Gasteiger partial charge in [-0.1, -0.05) is 11.2 Å². The van der Waals surface area contributed by atoms with E-state index >= 15 is 0 Å². The highest BCUT2D eigenvalue weighted by Crippen LogP contribution is 2.33. The zero-order chi connectivity index (χ0) is 16.5. The van der Waals surface area contributed by atoms with Crippen molar-refractivity contribution >= 4 is 5.91 Å². The molecule has 1 amide bonds. The first-order valence-electron chi connectivity index (χ1n) is 7.86. The molecule has 7 nitrogen and oxygen atoms in total. The molecule has 1 aliphatic heterocycles. The number of carbonyl (C=O) groups is 1. The predicted molar refractivity (Wildman–Crippen MR) is 85.0 cm³/mol. The predicted octanol–water partition coefficient (Wildman–Crippen LogP) is 1.82. The molecule has 0 saturated carbocycles. The summed E-state index contributed by atoms with van der Waals surface area (Å²) in [5.74, 6) is 0.573. The minimum atomic E-state index is -0.231. The van der Waals surface area contributed by atoms with Gasteiger partial charge < -0.3 is 14.4 Å². The first-order chi connectivity index (χ1) is 11.7. The number of fused-ring (bicyclic) bond motifs is 1. The number of hydrogen-bond acceptors (Lipinski definition) is 5. The first kappa shape index (κ1) is 14.6. The lowest BCUT2D eigenvalue weighted by Crippen LogP contribution is -2.41. The summed E-state index contributed by atoms with van der Waals surface area (Å²) in [6.45, 7) is 2.47. The molecule has 0 aromatic carbocycles. The molecule has 0 spiro atoms. The second-order valence-corrected chi connectivity index (χ2v) is 5.90. The van der Waals surface area contributed by atoms with Crippen LogP contribution in [0.2, 0.25) is 0 Å². The molecule has 3 aromatic rings. The minimum Gasteiger partial charge on any atom is -0.361 e. The summed E-state index contributed by atoms with van der Waals surface area (Å²) in [6, 6.07) is 5.41. The summed E-state index contributed by atoms with van der Waals surface area (Å²) >= 11 is 0. The lowest BCUT2D eigenvalue weighted by Gasteiger charge is -2.35. The lowest BCUT2D eigenvalue weighted by molar-refractivity contribution is -0.133. The van der Waals surface area contributed by atoms with E-state index in [0.29, 0.717) is 12.3 Å². The third-order valence-electron chi connectivity index (χ3n) is 4.25. The Balaban J connectivity index is 1.67. The number of amides is 1. The summed E-state index contributed by atoms with van der Waals surface area (Å²) in [6.07, 6.45) is 6.14. The fourth-order valence-electron chi connectivity index (χ4n) is 3.17. The van der Waals surface area contributed by atoms with Crippen molar-refractivity contribution < 1.29 is 9.32 Å². The van der Waals surface area contributed by atoms with E-state index in [2.05, 4.69) is 20.1 Å². The van der Waals surface area contributed by atoms with Crippen LogP contribution < -0.4 is 0 Å². The normalized spacial score (nSPS) is 16.9. The van der Waals surface area contributed by atoms with Crippen LogP contribution in [0.1, 0.15) is 34.4 Å². The average molecular weight is 323 g/mol. The first-order valence-corrected chi connectivity index (χ1v) is 7.86. The van der Waals surface area contributed by atoms with Gasteiger partial charge in [-0.25, -0.2) is 4.98 Å². The Kier molecular flexibility index (Phi) is 3.60. The van der Waals surface area contributed by atoms with Crippen LogP contribution in [0.25, 0.3) is 0 Å². The van der Waals surface area contributed by atoms with Crippen LogP contribution in [0.4, 0.5) is 0 Å². The van der Waals surface area contributed by atoms with Crippen molar-refractivity contribution in [2.45, 2.75) is 25.8 Å². The molecule has 0 radical (unpaired) electrons. The third-order valence-corrected chi connectivity index (χ3v) is 4.25. The molecule has 1 aliphatic rings. The number of aryl methyl sites for hydroxylation is 1. The number of aromatic amines is 1. The Morgan fingerprint density at radius 2 is 2.42 bits per heavy atom. The number of aromatic nitrogens is 4. The van der Waals surface area contributed by atoms with Crippen molar-refractivity contribution in [1.82, 2.24) is 25.0 Å². The zero-order valence-electron chi connectivity index (χ0n) is 13.3. The molecular weight excluding hydrogens is 306 g/mol. The van der Waals surface area contributed by atoms with Gasteiger partial charge >= 0.3 is 0 Å². The largest absolute Gasteiger partial charge is 0.361 e. The van der Waals surface area contributed by atoms with E-state index in [1.165, 1.54) is 0 Å². The molecule has 1 atom stereocenters. The van der Waals surface area contributed by atoms with Gasteiger partial charge in [0.15, 0.2) is 0 Å². The topological polar surface area (TPSA) is 87.9 Å². The Hall–Kier alpha value is -2.96. The van der Waals surface area contributed by atoms with Gasteiger partial charge in [-0.3, -0.25) is 9.78 Å². The Bertz CT molecular complexity index is 855. The van der Waals surface area contributed by atoms with E-state index in [9.17, 15) is 4.79 Å². The number of imidazole rings is 1. The monoisotopic (exact) mass is 323 g/mol. The SMILES string of the molecule is Cc1cc(CC(=O)N2CCc3[nH]cnc3C2c2cccnc2)on1. The second-order valence-electron chi connectivity index (χ2n) is 5.90. The number of nitrogens with one attached hydrogen (secondary N) is 1. The van der Waals surface area contributed by atoms with Gasteiger partial charge in [0.1, 0.15) is 11.8 Å². The highest BCUT2D eigenvalue weighted by atomic mass is 16.5. The molecule has 7 heteroatoms. The fourth-order valence-corrected chi connectivity index (χ4v) is 3.17. The average Bonchev–Trinajstić information content (AvgIpc) is 3.23. The molecule has 0 fully saturated rings. The fraction of sp³-hybridized carbons (Fsp3) is 0.294. The smallest absolute Gasteiger partial charge is 0.231 e. The quantitative estimate of drug-likeness (QED) is 0.794. The number of pyridine rings is 1. The third kappa shape index (κ3) is 2.58. The van der Waals surface area contributed by atoms with Crippen molar-refractivity contribution in [3.63, 3.8) is 0 Å². The van der Waals surface area contributed by atoms with Gasteiger partial charge in [0.2, 0.25) is 5.91 Å². The van der Waals surface area contributed by atoms with Gasteiger partial charge in [0, 0.05) is 37.1 Å². The van der Waals surface area contributed by atoms with E-state index in [1.807, 2.05) is 24.0 Å². The summed E-state index contributed by atoms with van der Waals surface area (Å²) in [5, 5.41) is 3.85. The number of carbonyl (C=O) groups excluding carboxylic acids is 1. The molecule has 0 bridgehead atoms. The van der Waals surface area contributed by atoms with E-state index in [1.54, 1.807) is 24.8 Å². The summed E-state index contributed by atoms with van der Waals surface area (Å²) < 4.78 is 5.19. The molecule has 1 unspecified atom stereocenters. The van der Waals surface area contributed by atoms with Crippen LogP contribution in [0.3, 0.4) is 0 Å². The number of hydrogen-bond donors (Lipinski definition) is 1. The van der Waals surface area contributed by atoms with Crippen LogP contribution in [-0.2, 0) is 17.6 Å². The maximum atomic E-state index is 12.9. The molecule has 0 aliphatic carbocycles. The molecular formula is C17H17N5O2. The summed E-state index contributed by atoms with van der Waals surface area (Å²) in [4.78, 5) is 26.5. The molecule has 4 heterocycles. The van der Waals surface area contributed by atoms with Gasteiger partial charge in [0.05, 0.1) is 24.1 Å². The highest BCUT2D eigenvalue weighted by Gasteiger charge is 2.34. The van der Waals surface area contributed by atoms with Gasteiger partial charge in [-0.15, -0.1) is 0 Å². The van der Waals surface area contributed by atoms with E-state index in [0.717, 1.165) is 29.1 Å². The van der Waals surface area contributed by atoms with Crippen molar-refractivity contribution in [3.8, 4) is 0 Å². The van der Waals surface area contributed by atoms with Crippen LogP contribution in [0.15, 0.2) is 41.4 Å². The Morgan fingerprint density at radius 1 is 1.50 bits per heavy atom. The minimum absolute atomic E-state index is 0.00588. The molecule has 24 heavy (non-hydrogen) atoms. The van der Waals surface area contributed by atoms with Crippen molar-refractivity contribution in [2.24, 2.45) is 0 Å². The zero-order valence-corrected chi connectivity index (χ0v) is 13.3. The van der Waals surface area contributed by atoms with Gasteiger partial charge in [0.25, 0.3) is 0 Å². The van der Waals surface area contributed by atoms with Crippen molar-refractivity contribution in [1.29, 1.82) is 0 Å². The maximum Gasteiger partial charge on any atom is 0.231 e. The number of rotatable bonds is 3. The molecule has 4 rings (SSSR count). The van der Waals surface area contributed by atoms with Gasteiger partial charge in [-0.2, -0.15) is 0 Å². The van der Waals surface area contributed by atoms with Crippen LogP contribution in [0.5, 0.6) is 0 Å². The molecule has 122 valence electrons. The Labute approximate surface area is 138 Å². The highest BCUT2D eigenvalue weighted by molar-refractivity contribution is 5.79. The summed E-state index contributed by atoms with van der Waals surface area (Å²) in [5.41, 5.74) is 3.68. The van der Waals surface area contributed by atoms with Crippen LogP contribution >= 0.6 is 0 Å². The van der Waals surface area contributed by atoms with Gasteiger partial charge in [-0.05, 0) is 18.6 Å². The second kappa shape index (κ2) is 5.92. The van der Waals surface area contributed by atoms with E-state index in [-0.39, 0.29) is 18.4 Å².